The van der Waals surface area contributed by atoms with Crippen LogP contribution in [-0.4, -0.2) is 17.0 Å². The Hall–Kier alpha value is -0.470. The van der Waals surface area contributed by atoms with Crippen LogP contribution in [0.15, 0.2) is 18.2 Å². The van der Waals surface area contributed by atoms with Gasteiger partial charge in [-0.25, -0.2) is 0 Å². The second kappa shape index (κ2) is 4.80. The molecular formula is C14H21NS. The van der Waals surface area contributed by atoms with E-state index in [2.05, 4.69) is 43.8 Å². The highest BCUT2D eigenvalue weighted by atomic mass is 32.2. The third-order valence-electron chi connectivity index (χ3n) is 3.65. The number of nitrogens with two attached hydrogens (primary N) is 1. The fraction of sp³-hybridized carbons (Fsp3) is 0.571. The summed E-state index contributed by atoms with van der Waals surface area (Å²) in [6.07, 6.45) is 3.74. The Labute approximate surface area is 103 Å². The third kappa shape index (κ3) is 2.44. The zero-order valence-electron chi connectivity index (χ0n) is 10.3. The molecule has 1 saturated heterocycles. The van der Waals surface area contributed by atoms with Crippen LogP contribution in [-0.2, 0) is 6.42 Å². The summed E-state index contributed by atoms with van der Waals surface area (Å²) in [5.41, 5.74) is 10.2. The van der Waals surface area contributed by atoms with E-state index in [4.69, 9.17) is 5.73 Å². The van der Waals surface area contributed by atoms with Crippen LogP contribution in [0.1, 0.15) is 29.5 Å². The van der Waals surface area contributed by atoms with E-state index in [0.717, 1.165) is 13.0 Å². The molecule has 2 rings (SSSR count). The zero-order chi connectivity index (χ0) is 11.6. The standard InChI is InChI=1S/C14H21NS/c1-11-4-5-13(8-12(11)2)9-14(10-15)6-3-7-16-14/h4-5,8H,3,6-7,9-10,15H2,1-2H3. The second-order valence-corrected chi connectivity index (χ2v) is 6.50. The van der Waals surface area contributed by atoms with Crippen molar-refractivity contribution >= 4 is 11.8 Å². The predicted octanol–water partition coefficient (Wildman–Crippen LogP) is 3.07. The molecule has 0 amide bonds. The minimum atomic E-state index is 0.321. The fourth-order valence-corrected chi connectivity index (χ4v) is 3.81. The summed E-state index contributed by atoms with van der Waals surface area (Å²) in [7, 11) is 0. The second-order valence-electron chi connectivity index (χ2n) is 4.93. The van der Waals surface area contributed by atoms with Gasteiger partial charge < -0.3 is 5.73 Å². The van der Waals surface area contributed by atoms with Gasteiger partial charge in [-0.05, 0) is 55.6 Å². The normalized spacial score (nSPS) is 24.9. The molecule has 0 saturated carbocycles. The van der Waals surface area contributed by atoms with Crippen LogP contribution in [0.5, 0.6) is 0 Å². The molecular weight excluding hydrogens is 214 g/mol. The number of thioether (sulfide) groups is 1. The molecule has 16 heavy (non-hydrogen) atoms. The molecule has 0 bridgehead atoms. The van der Waals surface area contributed by atoms with Crippen molar-refractivity contribution in [2.75, 3.05) is 12.3 Å². The van der Waals surface area contributed by atoms with Gasteiger partial charge in [0.1, 0.15) is 0 Å². The molecule has 1 unspecified atom stereocenters. The fourth-order valence-electron chi connectivity index (χ4n) is 2.41. The summed E-state index contributed by atoms with van der Waals surface area (Å²) >= 11 is 2.07. The van der Waals surface area contributed by atoms with Gasteiger partial charge in [-0.15, -0.1) is 0 Å². The van der Waals surface area contributed by atoms with Crippen molar-refractivity contribution in [1.82, 2.24) is 0 Å². The van der Waals surface area contributed by atoms with Gasteiger partial charge in [-0.1, -0.05) is 18.2 Å². The quantitative estimate of drug-likeness (QED) is 0.871. The molecule has 1 heterocycles. The van der Waals surface area contributed by atoms with E-state index in [-0.39, 0.29) is 0 Å². The van der Waals surface area contributed by atoms with Crippen molar-refractivity contribution in [2.24, 2.45) is 5.73 Å². The van der Waals surface area contributed by atoms with Crippen LogP contribution in [0.4, 0.5) is 0 Å². The zero-order valence-corrected chi connectivity index (χ0v) is 11.1. The van der Waals surface area contributed by atoms with Gasteiger partial charge in [0.25, 0.3) is 0 Å². The van der Waals surface area contributed by atoms with Gasteiger partial charge in [0.05, 0.1) is 0 Å². The van der Waals surface area contributed by atoms with E-state index < -0.39 is 0 Å². The van der Waals surface area contributed by atoms with Crippen LogP contribution in [0.3, 0.4) is 0 Å². The van der Waals surface area contributed by atoms with E-state index in [1.54, 1.807) is 0 Å². The maximum atomic E-state index is 5.96. The molecule has 1 aliphatic rings. The molecule has 2 N–H and O–H groups in total. The monoisotopic (exact) mass is 235 g/mol. The van der Waals surface area contributed by atoms with Crippen LogP contribution >= 0.6 is 11.8 Å². The van der Waals surface area contributed by atoms with Gasteiger partial charge in [0.2, 0.25) is 0 Å². The minimum Gasteiger partial charge on any atom is -0.329 e. The average Bonchev–Trinajstić information content (AvgIpc) is 2.73. The average molecular weight is 235 g/mol. The highest BCUT2D eigenvalue weighted by molar-refractivity contribution is 8.00. The summed E-state index contributed by atoms with van der Waals surface area (Å²) in [6, 6.07) is 6.82. The summed E-state index contributed by atoms with van der Waals surface area (Å²) in [4.78, 5) is 0. The number of benzene rings is 1. The summed E-state index contributed by atoms with van der Waals surface area (Å²) in [6.45, 7) is 5.17. The lowest BCUT2D eigenvalue weighted by molar-refractivity contribution is 0.564. The van der Waals surface area contributed by atoms with Crippen LogP contribution in [0, 0.1) is 13.8 Å². The lowest BCUT2D eigenvalue weighted by Gasteiger charge is -2.26. The lowest BCUT2D eigenvalue weighted by Crippen LogP contribution is -2.34. The largest absolute Gasteiger partial charge is 0.329 e. The van der Waals surface area contributed by atoms with E-state index in [1.165, 1.54) is 35.3 Å². The third-order valence-corrected chi connectivity index (χ3v) is 5.27. The van der Waals surface area contributed by atoms with Gasteiger partial charge in [-0.2, -0.15) is 11.8 Å². The highest BCUT2D eigenvalue weighted by Gasteiger charge is 2.33. The Bertz CT molecular complexity index is 367. The van der Waals surface area contributed by atoms with Crippen molar-refractivity contribution in [3.63, 3.8) is 0 Å². The first-order chi connectivity index (χ1) is 7.65. The Balaban J connectivity index is 2.16. The minimum absolute atomic E-state index is 0.321. The first kappa shape index (κ1) is 12.0. The van der Waals surface area contributed by atoms with Gasteiger partial charge in [0, 0.05) is 11.3 Å². The molecule has 0 spiro atoms. The summed E-state index contributed by atoms with van der Waals surface area (Å²) < 4.78 is 0.321. The van der Waals surface area contributed by atoms with Crippen molar-refractivity contribution < 1.29 is 0 Å². The maximum absolute atomic E-state index is 5.96. The van der Waals surface area contributed by atoms with Crippen LogP contribution in [0.2, 0.25) is 0 Å². The van der Waals surface area contributed by atoms with E-state index in [9.17, 15) is 0 Å². The molecule has 2 heteroatoms. The van der Waals surface area contributed by atoms with E-state index in [0.29, 0.717) is 4.75 Å². The van der Waals surface area contributed by atoms with Crippen molar-refractivity contribution in [2.45, 2.75) is 37.9 Å². The first-order valence-corrected chi connectivity index (χ1v) is 7.04. The first-order valence-electron chi connectivity index (χ1n) is 6.05. The van der Waals surface area contributed by atoms with Crippen LogP contribution in [0.25, 0.3) is 0 Å². The molecule has 88 valence electrons. The van der Waals surface area contributed by atoms with Gasteiger partial charge in [-0.3, -0.25) is 0 Å². The lowest BCUT2D eigenvalue weighted by atomic mass is 9.93. The molecule has 0 radical (unpaired) electrons. The molecule has 1 aromatic carbocycles. The van der Waals surface area contributed by atoms with Crippen molar-refractivity contribution in [3.8, 4) is 0 Å². The Kier molecular flexibility index (Phi) is 3.60. The molecule has 0 aliphatic carbocycles. The topological polar surface area (TPSA) is 26.0 Å². The van der Waals surface area contributed by atoms with Crippen LogP contribution < -0.4 is 5.73 Å². The smallest absolute Gasteiger partial charge is 0.0322 e. The Morgan fingerprint density at radius 2 is 2.12 bits per heavy atom. The number of aryl methyl sites for hydroxylation is 2. The number of hydrogen-bond acceptors (Lipinski definition) is 2. The molecule has 1 atom stereocenters. The highest BCUT2D eigenvalue weighted by Crippen LogP contribution is 2.40. The predicted molar refractivity (Wildman–Crippen MR) is 73.1 cm³/mol. The SMILES string of the molecule is Cc1ccc(CC2(CN)CCCS2)cc1C. The van der Waals surface area contributed by atoms with Crippen molar-refractivity contribution in [3.05, 3.63) is 34.9 Å². The summed E-state index contributed by atoms with van der Waals surface area (Å²) in [5, 5.41) is 0. The van der Waals surface area contributed by atoms with Gasteiger partial charge in [0.15, 0.2) is 0 Å². The Morgan fingerprint density at radius 3 is 2.69 bits per heavy atom. The molecule has 1 aliphatic heterocycles. The van der Waals surface area contributed by atoms with E-state index >= 15 is 0 Å². The van der Waals surface area contributed by atoms with Crippen molar-refractivity contribution in [1.29, 1.82) is 0 Å². The van der Waals surface area contributed by atoms with Gasteiger partial charge >= 0.3 is 0 Å². The van der Waals surface area contributed by atoms with E-state index in [1.807, 2.05) is 0 Å². The summed E-state index contributed by atoms with van der Waals surface area (Å²) in [5.74, 6) is 1.28. The maximum Gasteiger partial charge on any atom is 0.0322 e. The number of rotatable bonds is 3. The molecule has 0 aromatic heterocycles. The Morgan fingerprint density at radius 1 is 1.31 bits per heavy atom. The molecule has 1 aromatic rings. The number of hydrogen-bond donors (Lipinski definition) is 1. The molecule has 1 nitrogen and oxygen atoms in total. The molecule has 1 fully saturated rings.